The lowest BCUT2D eigenvalue weighted by atomic mass is 9.70. The maximum atomic E-state index is 13.8. The number of piperidine rings is 1. The molecule has 5 heterocycles. The fourth-order valence-corrected chi connectivity index (χ4v) is 8.87. The highest BCUT2D eigenvalue weighted by molar-refractivity contribution is 6.26. The second kappa shape index (κ2) is 13.5. The molecule has 4 amide bonds. The molecule has 12 nitrogen and oxygen atoms in total. The van der Waals surface area contributed by atoms with Gasteiger partial charge in [0.15, 0.2) is 0 Å². The lowest BCUT2D eigenvalue weighted by molar-refractivity contribution is -0.532. The third-order valence-electron chi connectivity index (χ3n) is 11.5. The maximum Gasteiger partial charge on any atom is 0.261 e. The van der Waals surface area contributed by atoms with Crippen LogP contribution in [0.2, 0.25) is 0 Å². The van der Waals surface area contributed by atoms with Crippen molar-refractivity contribution in [3.63, 3.8) is 0 Å². The minimum Gasteiger partial charge on any atom is -0.378 e. The molecule has 5 aliphatic heterocycles. The van der Waals surface area contributed by atoms with Gasteiger partial charge < -0.3 is 19.3 Å². The van der Waals surface area contributed by atoms with E-state index in [9.17, 15) is 19.2 Å². The number of allylic oxidation sites excluding steroid dienone is 5. The third kappa shape index (κ3) is 5.56. The van der Waals surface area contributed by atoms with Gasteiger partial charge in [0.25, 0.3) is 17.7 Å². The van der Waals surface area contributed by atoms with Gasteiger partial charge in [-0.1, -0.05) is 36.4 Å². The van der Waals surface area contributed by atoms with E-state index in [1.807, 2.05) is 54.9 Å². The third-order valence-corrected chi connectivity index (χ3v) is 11.5. The number of carbonyl (C=O) groups excluding carboxylic acids is 4. The minimum atomic E-state index is -0.405. The number of anilines is 1. The number of likely N-dealkylation sites (tertiary alicyclic amines) is 1. The van der Waals surface area contributed by atoms with Crippen molar-refractivity contribution in [3.8, 4) is 0 Å². The van der Waals surface area contributed by atoms with Crippen LogP contribution in [0.1, 0.15) is 27.1 Å². The highest BCUT2D eigenvalue weighted by Gasteiger charge is 2.47. The summed E-state index contributed by atoms with van der Waals surface area (Å²) in [4.78, 5) is 64.7. The molecule has 0 saturated carbocycles. The fourth-order valence-electron chi connectivity index (χ4n) is 8.87. The van der Waals surface area contributed by atoms with Crippen LogP contribution in [0.5, 0.6) is 0 Å². The second-order valence-electron chi connectivity index (χ2n) is 14.3. The predicted octanol–water partition coefficient (Wildman–Crippen LogP) is 2.27. The highest BCUT2D eigenvalue weighted by atomic mass is 16.5. The van der Waals surface area contributed by atoms with Crippen molar-refractivity contribution in [2.75, 3.05) is 96.8 Å². The summed E-state index contributed by atoms with van der Waals surface area (Å²) in [6.07, 6.45) is 12.8. The van der Waals surface area contributed by atoms with Crippen LogP contribution >= 0.6 is 0 Å². The average molecular weight is 704 g/mol. The van der Waals surface area contributed by atoms with Crippen molar-refractivity contribution >= 4 is 46.4 Å². The number of carbonyl (C=O) groups is 4. The number of benzene rings is 2. The van der Waals surface area contributed by atoms with Gasteiger partial charge in [-0.15, -0.1) is 0 Å². The lowest BCUT2D eigenvalue weighted by Crippen LogP contribution is -2.53. The Labute approximate surface area is 302 Å². The number of rotatable bonds is 8. The van der Waals surface area contributed by atoms with Crippen LogP contribution in [0.15, 0.2) is 77.6 Å². The number of amides is 4. The van der Waals surface area contributed by atoms with E-state index in [0.717, 1.165) is 73.4 Å². The van der Waals surface area contributed by atoms with E-state index < -0.39 is 5.92 Å². The van der Waals surface area contributed by atoms with E-state index in [1.165, 1.54) is 9.80 Å². The van der Waals surface area contributed by atoms with E-state index >= 15 is 0 Å². The molecule has 3 saturated heterocycles. The Hall–Kier alpha value is -5.07. The molecule has 0 aromatic heterocycles. The molecule has 52 heavy (non-hydrogen) atoms. The quantitative estimate of drug-likeness (QED) is 0.303. The van der Waals surface area contributed by atoms with Gasteiger partial charge in [-0.05, 0) is 29.8 Å². The molecule has 7 aliphatic rings. The van der Waals surface area contributed by atoms with Crippen LogP contribution in [0.4, 0.5) is 5.69 Å². The van der Waals surface area contributed by atoms with Crippen molar-refractivity contribution in [3.05, 3.63) is 88.7 Å². The molecule has 12 heteroatoms. The zero-order valence-corrected chi connectivity index (χ0v) is 29.2. The first-order valence-corrected chi connectivity index (χ1v) is 18.5. The van der Waals surface area contributed by atoms with Crippen LogP contribution < -0.4 is 4.90 Å². The zero-order chi connectivity index (χ0) is 35.3. The van der Waals surface area contributed by atoms with Crippen molar-refractivity contribution in [1.82, 2.24) is 19.6 Å². The SMILES string of the molecule is O=C1C2=CC=CC3=C(N4CCOCC4)C=CC(C(=O)N1CC[N+]1=CN(CCN4C(=O)c5cccc6c(N7CCOCC7)ccc(c56)C4=O)CCC1)C23. The Kier molecular flexibility index (Phi) is 8.51. The summed E-state index contributed by atoms with van der Waals surface area (Å²) in [5, 5.41) is 1.65. The molecule has 2 aliphatic carbocycles. The first-order valence-electron chi connectivity index (χ1n) is 18.5. The molecular formula is C40H43N6O6+. The average Bonchev–Trinajstić information content (AvgIpc) is 3.19. The zero-order valence-electron chi connectivity index (χ0n) is 29.2. The largest absolute Gasteiger partial charge is 0.378 e. The fraction of sp³-hybridized carbons (Fsp3) is 0.425. The summed E-state index contributed by atoms with van der Waals surface area (Å²) >= 11 is 0. The van der Waals surface area contributed by atoms with Crippen molar-refractivity contribution in [2.24, 2.45) is 11.8 Å². The molecule has 9 rings (SSSR count). The Balaban J connectivity index is 0.866. The van der Waals surface area contributed by atoms with Crippen LogP contribution in [-0.4, -0.2) is 146 Å². The summed E-state index contributed by atoms with van der Waals surface area (Å²) in [7, 11) is 0. The molecule has 3 fully saturated rings. The molecule has 0 bridgehead atoms. The van der Waals surface area contributed by atoms with Crippen molar-refractivity contribution in [2.45, 2.75) is 6.42 Å². The number of hydrogen-bond acceptors (Lipinski definition) is 9. The number of hydrogen-bond donors (Lipinski definition) is 0. The summed E-state index contributed by atoms with van der Waals surface area (Å²) < 4.78 is 13.2. The standard InChI is InChI=1S/C40H43N6O6/c47-37-29-6-1-4-27-33(43-18-22-51-23-19-43)10-8-31(35(27)29)39(49)45(37)16-14-41-12-3-13-42(26-41)15-17-46-38(48)30-7-2-5-28-34(44-20-24-52-25-21-44)11-9-32(36(28)30)40(46)50/h1-2,4-11,26,31,35H,3,12-25H2/q+1. The van der Waals surface area contributed by atoms with Gasteiger partial charge >= 0.3 is 0 Å². The van der Waals surface area contributed by atoms with E-state index in [0.29, 0.717) is 56.2 Å². The summed E-state index contributed by atoms with van der Waals surface area (Å²) in [6.45, 7) is 8.85. The first kappa shape index (κ1) is 32.8. The number of imide groups is 2. The van der Waals surface area contributed by atoms with Gasteiger partial charge in [-0.2, -0.15) is 0 Å². The van der Waals surface area contributed by atoms with E-state index in [4.69, 9.17) is 9.47 Å². The predicted molar refractivity (Wildman–Crippen MR) is 194 cm³/mol. The van der Waals surface area contributed by atoms with Crippen LogP contribution in [0.3, 0.4) is 0 Å². The van der Waals surface area contributed by atoms with Gasteiger partial charge in [0.1, 0.15) is 13.1 Å². The minimum absolute atomic E-state index is 0.152. The number of morpholine rings is 2. The van der Waals surface area contributed by atoms with Gasteiger partial charge in [0.05, 0.1) is 58.5 Å². The van der Waals surface area contributed by atoms with Crippen LogP contribution in [0.25, 0.3) is 10.8 Å². The Morgan fingerprint density at radius 2 is 1.50 bits per heavy atom. The molecule has 0 spiro atoms. The molecule has 2 atom stereocenters. The number of ether oxygens (including phenoxy) is 2. The normalized spacial score (nSPS) is 24.6. The molecule has 2 aromatic carbocycles. The monoisotopic (exact) mass is 703 g/mol. The van der Waals surface area contributed by atoms with Crippen LogP contribution in [0, 0.1) is 11.8 Å². The Morgan fingerprint density at radius 1 is 0.750 bits per heavy atom. The molecule has 0 radical (unpaired) electrons. The van der Waals surface area contributed by atoms with Crippen LogP contribution in [-0.2, 0) is 19.1 Å². The molecular weight excluding hydrogens is 660 g/mol. The molecule has 2 aromatic rings. The summed E-state index contributed by atoms with van der Waals surface area (Å²) in [5.41, 5.74) is 4.93. The van der Waals surface area contributed by atoms with Gasteiger partial charge in [0, 0.05) is 77.4 Å². The summed E-state index contributed by atoms with van der Waals surface area (Å²) in [5.74, 6) is -1.57. The van der Waals surface area contributed by atoms with Gasteiger partial charge in [-0.3, -0.25) is 38.5 Å². The summed E-state index contributed by atoms with van der Waals surface area (Å²) in [6, 6.07) is 9.57. The smallest absolute Gasteiger partial charge is 0.261 e. The Bertz CT molecular complexity index is 2000. The highest BCUT2D eigenvalue weighted by Crippen LogP contribution is 2.44. The maximum absolute atomic E-state index is 13.8. The van der Waals surface area contributed by atoms with Crippen molar-refractivity contribution in [1.29, 1.82) is 0 Å². The molecule has 2 unspecified atom stereocenters. The van der Waals surface area contributed by atoms with E-state index in [-0.39, 0.29) is 42.6 Å². The Morgan fingerprint density at radius 3 is 2.29 bits per heavy atom. The van der Waals surface area contributed by atoms with Gasteiger partial charge in [-0.25, -0.2) is 0 Å². The first-order chi connectivity index (χ1) is 25.5. The van der Waals surface area contributed by atoms with Crippen molar-refractivity contribution < 1.29 is 33.2 Å². The topological polar surface area (TPSA) is 106 Å². The molecule has 0 N–H and O–H groups in total. The van der Waals surface area contributed by atoms with Gasteiger partial charge in [0.2, 0.25) is 12.2 Å². The van der Waals surface area contributed by atoms with E-state index in [1.54, 1.807) is 0 Å². The number of nitrogens with zero attached hydrogens (tertiary/aromatic N) is 6. The lowest BCUT2D eigenvalue weighted by Gasteiger charge is -2.43. The second-order valence-corrected chi connectivity index (χ2v) is 14.3. The van der Waals surface area contributed by atoms with E-state index in [2.05, 4.69) is 31.4 Å². The molecule has 268 valence electrons.